The number of hydrogen-bond donors (Lipinski definition) is 1. The number of benzene rings is 2. The standard InChI is InChI=1S/C20H26N2O3S2/c1-4-22(5-2)27(24,25)19-12-8-17(9-13-19)21-20(23)14-15-26-18-10-6-16(3)7-11-18/h6-13H,4-5,14-15H2,1-3H3,(H,21,23). The number of thioether (sulfide) groups is 1. The molecule has 5 nitrogen and oxygen atoms in total. The van der Waals surface area contributed by atoms with Gasteiger partial charge in [0.25, 0.3) is 0 Å². The van der Waals surface area contributed by atoms with E-state index in [9.17, 15) is 13.2 Å². The number of rotatable bonds is 9. The van der Waals surface area contributed by atoms with Gasteiger partial charge in [0.15, 0.2) is 0 Å². The molecule has 0 radical (unpaired) electrons. The van der Waals surface area contributed by atoms with Crippen LogP contribution in [0.5, 0.6) is 0 Å². The number of anilines is 1. The molecule has 0 fully saturated rings. The van der Waals surface area contributed by atoms with E-state index < -0.39 is 10.0 Å². The van der Waals surface area contributed by atoms with Crippen LogP contribution in [0.25, 0.3) is 0 Å². The van der Waals surface area contributed by atoms with Crippen molar-refractivity contribution in [1.82, 2.24) is 4.31 Å². The number of hydrogen-bond acceptors (Lipinski definition) is 4. The number of aryl methyl sites for hydroxylation is 1. The van der Waals surface area contributed by atoms with E-state index in [-0.39, 0.29) is 10.8 Å². The van der Waals surface area contributed by atoms with E-state index in [4.69, 9.17) is 0 Å². The molecule has 2 aromatic rings. The van der Waals surface area contributed by atoms with Crippen LogP contribution in [0.4, 0.5) is 5.69 Å². The number of nitrogens with one attached hydrogen (secondary N) is 1. The molecule has 2 rings (SSSR count). The van der Waals surface area contributed by atoms with E-state index in [1.807, 2.05) is 32.9 Å². The Morgan fingerprint density at radius 3 is 2.15 bits per heavy atom. The molecule has 0 saturated heterocycles. The van der Waals surface area contributed by atoms with E-state index >= 15 is 0 Å². The van der Waals surface area contributed by atoms with Crippen molar-refractivity contribution in [2.75, 3.05) is 24.2 Å². The third-order valence-corrected chi connectivity index (χ3v) is 7.18. The summed E-state index contributed by atoms with van der Waals surface area (Å²) >= 11 is 1.64. The van der Waals surface area contributed by atoms with Gasteiger partial charge in [-0.2, -0.15) is 4.31 Å². The predicted octanol–water partition coefficient (Wildman–Crippen LogP) is 4.15. The SMILES string of the molecule is CCN(CC)S(=O)(=O)c1ccc(NC(=O)CCSc2ccc(C)cc2)cc1. The molecule has 0 aliphatic heterocycles. The Hall–Kier alpha value is -1.83. The fourth-order valence-corrected chi connectivity index (χ4v) is 4.85. The second-order valence-electron chi connectivity index (χ2n) is 6.07. The van der Waals surface area contributed by atoms with E-state index in [0.717, 1.165) is 4.90 Å². The third kappa shape index (κ3) is 6.09. The summed E-state index contributed by atoms with van der Waals surface area (Å²) < 4.78 is 26.3. The molecular weight excluding hydrogens is 380 g/mol. The smallest absolute Gasteiger partial charge is 0.243 e. The molecule has 7 heteroatoms. The summed E-state index contributed by atoms with van der Waals surface area (Å²) in [6.45, 7) is 6.51. The topological polar surface area (TPSA) is 66.5 Å². The van der Waals surface area contributed by atoms with Crippen molar-refractivity contribution in [3.05, 3.63) is 54.1 Å². The van der Waals surface area contributed by atoms with Crippen LogP contribution >= 0.6 is 11.8 Å². The van der Waals surface area contributed by atoms with Crippen LogP contribution in [-0.2, 0) is 14.8 Å². The lowest BCUT2D eigenvalue weighted by molar-refractivity contribution is -0.115. The molecule has 0 aliphatic rings. The first-order chi connectivity index (χ1) is 12.9. The molecule has 2 aromatic carbocycles. The highest BCUT2D eigenvalue weighted by Gasteiger charge is 2.21. The highest BCUT2D eigenvalue weighted by atomic mass is 32.2. The van der Waals surface area contributed by atoms with Gasteiger partial charge in [0.1, 0.15) is 0 Å². The molecule has 0 unspecified atom stereocenters. The summed E-state index contributed by atoms with van der Waals surface area (Å²) in [6.07, 6.45) is 0.387. The lowest BCUT2D eigenvalue weighted by Crippen LogP contribution is -2.30. The van der Waals surface area contributed by atoms with Crippen molar-refractivity contribution < 1.29 is 13.2 Å². The number of carbonyl (C=O) groups excluding carboxylic acids is 1. The Morgan fingerprint density at radius 2 is 1.59 bits per heavy atom. The summed E-state index contributed by atoms with van der Waals surface area (Å²) in [5.74, 6) is 0.595. The van der Waals surface area contributed by atoms with Crippen LogP contribution in [0.1, 0.15) is 25.8 Å². The average molecular weight is 407 g/mol. The first-order valence-electron chi connectivity index (χ1n) is 8.96. The summed E-state index contributed by atoms with van der Waals surface area (Å²) in [5, 5.41) is 2.81. The zero-order valence-electron chi connectivity index (χ0n) is 15.9. The van der Waals surface area contributed by atoms with E-state index in [1.54, 1.807) is 23.9 Å². The van der Waals surface area contributed by atoms with Gasteiger partial charge in [0.2, 0.25) is 15.9 Å². The molecule has 0 saturated carbocycles. The molecule has 146 valence electrons. The normalized spacial score (nSPS) is 11.6. The molecule has 0 spiro atoms. The Labute approximate surface area is 166 Å². The largest absolute Gasteiger partial charge is 0.326 e. The lowest BCUT2D eigenvalue weighted by Gasteiger charge is -2.18. The molecule has 0 aliphatic carbocycles. The first-order valence-corrected chi connectivity index (χ1v) is 11.4. The van der Waals surface area contributed by atoms with E-state index in [1.165, 1.54) is 22.0 Å². The second kappa shape index (κ2) is 9.92. The van der Waals surface area contributed by atoms with Crippen LogP contribution in [0.15, 0.2) is 58.3 Å². The van der Waals surface area contributed by atoms with Gasteiger partial charge in [-0.1, -0.05) is 31.5 Å². The maximum atomic E-state index is 12.5. The van der Waals surface area contributed by atoms with Crippen LogP contribution in [0.2, 0.25) is 0 Å². The zero-order valence-corrected chi connectivity index (χ0v) is 17.6. The van der Waals surface area contributed by atoms with E-state index in [2.05, 4.69) is 17.4 Å². The van der Waals surface area contributed by atoms with Gasteiger partial charge in [0, 0.05) is 35.8 Å². The average Bonchev–Trinajstić information content (AvgIpc) is 2.64. The van der Waals surface area contributed by atoms with Crippen molar-refractivity contribution >= 4 is 33.4 Å². The van der Waals surface area contributed by atoms with E-state index in [0.29, 0.717) is 31.0 Å². The zero-order chi connectivity index (χ0) is 19.9. The number of nitrogens with zero attached hydrogens (tertiary/aromatic N) is 1. The molecular formula is C20H26N2O3S2. The number of sulfonamides is 1. The van der Waals surface area contributed by atoms with Gasteiger partial charge in [-0.15, -0.1) is 11.8 Å². The molecule has 27 heavy (non-hydrogen) atoms. The minimum absolute atomic E-state index is 0.0889. The fourth-order valence-electron chi connectivity index (χ4n) is 2.54. The summed E-state index contributed by atoms with van der Waals surface area (Å²) in [7, 11) is -3.48. The van der Waals surface area contributed by atoms with Crippen LogP contribution < -0.4 is 5.32 Å². The number of amides is 1. The van der Waals surface area contributed by atoms with Crippen molar-refractivity contribution in [1.29, 1.82) is 0 Å². The maximum Gasteiger partial charge on any atom is 0.243 e. The van der Waals surface area contributed by atoms with Crippen molar-refractivity contribution in [3.63, 3.8) is 0 Å². The Bertz CT molecular complexity index is 844. The molecule has 0 atom stereocenters. The van der Waals surface area contributed by atoms with Gasteiger partial charge < -0.3 is 5.32 Å². The Balaban J connectivity index is 1.88. The van der Waals surface area contributed by atoms with Gasteiger partial charge in [-0.05, 0) is 43.3 Å². The minimum Gasteiger partial charge on any atom is -0.326 e. The predicted molar refractivity (Wildman–Crippen MR) is 112 cm³/mol. The van der Waals surface area contributed by atoms with Crippen LogP contribution in [-0.4, -0.2) is 37.5 Å². The summed E-state index contributed by atoms with van der Waals surface area (Å²) in [4.78, 5) is 13.5. The number of carbonyl (C=O) groups is 1. The van der Waals surface area contributed by atoms with Crippen molar-refractivity contribution in [2.24, 2.45) is 0 Å². The van der Waals surface area contributed by atoms with Crippen LogP contribution in [0, 0.1) is 6.92 Å². The maximum absolute atomic E-state index is 12.5. The molecule has 0 heterocycles. The van der Waals surface area contributed by atoms with Gasteiger partial charge >= 0.3 is 0 Å². The van der Waals surface area contributed by atoms with Crippen LogP contribution in [0.3, 0.4) is 0 Å². The second-order valence-corrected chi connectivity index (χ2v) is 9.18. The van der Waals surface area contributed by atoms with Crippen molar-refractivity contribution in [2.45, 2.75) is 37.0 Å². The van der Waals surface area contributed by atoms with Gasteiger partial charge in [-0.3, -0.25) is 4.79 Å². The molecule has 0 aromatic heterocycles. The summed E-state index contributed by atoms with van der Waals surface area (Å²) in [6, 6.07) is 14.5. The Morgan fingerprint density at radius 1 is 1.00 bits per heavy atom. The quantitative estimate of drug-likeness (QED) is 0.636. The van der Waals surface area contributed by atoms with Crippen molar-refractivity contribution in [3.8, 4) is 0 Å². The molecule has 1 N–H and O–H groups in total. The lowest BCUT2D eigenvalue weighted by atomic mass is 10.2. The highest BCUT2D eigenvalue weighted by Crippen LogP contribution is 2.20. The monoisotopic (exact) mass is 406 g/mol. The molecule has 1 amide bonds. The third-order valence-electron chi connectivity index (χ3n) is 4.10. The Kier molecular flexibility index (Phi) is 7.89. The minimum atomic E-state index is -3.48. The first kappa shape index (κ1) is 21.5. The summed E-state index contributed by atoms with van der Waals surface area (Å²) in [5.41, 5.74) is 1.81. The van der Waals surface area contributed by atoms with Gasteiger partial charge in [0.05, 0.1) is 4.90 Å². The fraction of sp³-hybridized carbons (Fsp3) is 0.350. The van der Waals surface area contributed by atoms with Gasteiger partial charge in [-0.25, -0.2) is 8.42 Å². The molecule has 0 bridgehead atoms. The highest BCUT2D eigenvalue weighted by molar-refractivity contribution is 7.99.